The Balaban J connectivity index is 1.77. The summed E-state index contributed by atoms with van der Waals surface area (Å²) < 4.78 is 68.4. The van der Waals surface area contributed by atoms with Gasteiger partial charge >= 0.3 is 16.3 Å². The highest BCUT2D eigenvalue weighted by Crippen LogP contribution is 3.02. The number of carbonyl (C=O) groups is 1. The van der Waals surface area contributed by atoms with Crippen molar-refractivity contribution in [2.24, 2.45) is 0 Å². The average molecular weight is 396 g/mol. The van der Waals surface area contributed by atoms with E-state index in [9.17, 15) is 24.2 Å². The average Bonchev–Trinajstić information content (AvgIpc) is 2.92. The zero-order valence-corrected chi connectivity index (χ0v) is 13.7. The molecule has 3 rings (SSSR count). The van der Waals surface area contributed by atoms with E-state index in [2.05, 4.69) is 20.2 Å². The smallest absolute Gasteiger partial charge is 0.308 e. The Morgan fingerprint density at radius 2 is 1.64 bits per heavy atom. The van der Waals surface area contributed by atoms with Crippen molar-refractivity contribution >= 4 is 49.4 Å². The van der Waals surface area contributed by atoms with E-state index in [4.69, 9.17) is 0 Å². The Labute approximate surface area is 141 Å². The van der Waals surface area contributed by atoms with Crippen LogP contribution in [0.15, 0.2) is 47.4 Å². The van der Waals surface area contributed by atoms with Crippen LogP contribution in [0.5, 0.6) is 0 Å². The zero-order chi connectivity index (χ0) is 18.4. The van der Waals surface area contributed by atoms with E-state index in [1.807, 2.05) is 0 Å². The van der Waals surface area contributed by atoms with Gasteiger partial charge in [0.15, 0.2) is 0 Å². The summed E-state index contributed by atoms with van der Waals surface area (Å²) in [5.74, 6) is 0. The zero-order valence-electron chi connectivity index (χ0n) is 12.1. The molecule has 0 saturated carbocycles. The number of amides is 2. The standard InChI is InChI=1S/C13H9F5N4OS2/c14-25(15,16,17,18)10-3-1-2-8(6-10)19-13(23)20-9-4-5-11-12(7-9)24-22-21-11/h1-7H,(H2,19,20,23). The van der Waals surface area contributed by atoms with Crippen LogP contribution in [0.2, 0.25) is 0 Å². The lowest BCUT2D eigenvalue weighted by Crippen LogP contribution is -2.19. The van der Waals surface area contributed by atoms with Gasteiger partial charge in [0.25, 0.3) is 0 Å². The Bertz CT molecular complexity index is 974. The van der Waals surface area contributed by atoms with Gasteiger partial charge in [0, 0.05) is 11.4 Å². The first-order valence-corrected chi connectivity index (χ1v) is 9.27. The number of carbonyl (C=O) groups excluding carboxylic acids is 1. The van der Waals surface area contributed by atoms with Gasteiger partial charge in [-0.3, -0.25) is 0 Å². The summed E-state index contributed by atoms with van der Waals surface area (Å²) in [6.07, 6.45) is 0. The maximum absolute atomic E-state index is 12.8. The minimum absolute atomic E-state index is 0.192. The van der Waals surface area contributed by atoms with Crippen molar-refractivity contribution in [1.29, 1.82) is 0 Å². The molecule has 2 N–H and O–H groups in total. The second kappa shape index (κ2) is 5.02. The monoisotopic (exact) mass is 396 g/mol. The molecular weight excluding hydrogens is 387 g/mol. The normalized spacial score (nSPS) is 14.6. The van der Waals surface area contributed by atoms with Crippen molar-refractivity contribution in [2.45, 2.75) is 4.90 Å². The minimum Gasteiger partial charge on any atom is -0.308 e. The van der Waals surface area contributed by atoms with E-state index in [0.29, 0.717) is 15.9 Å². The van der Waals surface area contributed by atoms with Gasteiger partial charge in [-0.05, 0) is 47.9 Å². The van der Waals surface area contributed by atoms with Crippen molar-refractivity contribution in [1.82, 2.24) is 9.59 Å². The van der Waals surface area contributed by atoms with Gasteiger partial charge in [-0.2, -0.15) is 0 Å². The van der Waals surface area contributed by atoms with E-state index in [-0.39, 0.29) is 12.1 Å². The van der Waals surface area contributed by atoms with Gasteiger partial charge < -0.3 is 10.6 Å². The largest absolute Gasteiger partial charge is 0.323 e. The second-order valence-electron chi connectivity index (χ2n) is 5.03. The van der Waals surface area contributed by atoms with Crippen molar-refractivity contribution in [3.05, 3.63) is 42.5 Å². The molecule has 0 fully saturated rings. The molecule has 134 valence electrons. The number of hydrogen-bond donors (Lipinski definition) is 2. The molecule has 2 amide bonds. The fourth-order valence-electron chi connectivity index (χ4n) is 1.96. The maximum Gasteiger partial charge on any atom is 0.323 e. The molecule has 0 atom stereocenters. The van der Waals surface area contributed by atoms with Crippen LogP contribution in [0, 0.1) is 0 Å². The Morgan fingerprint density at radius 3 is 2.32 bits per heavy atom. The summed E-state index contributed by atoms with van der Waals surface area (Å²) in [4.78, 5) is 9.79. The second-order valence-corrected chi connectivity index (χ2v) is 8.23. The predicted octanol–water partition coefficient (Wildman–Crippen LogP) is 5.99. The van der Waals surface area contributed by atoms with Crippen LogP contribution in [0.25, 0.3) is 10.2 Å². The summed E-state index contributed by atoms with van der Waals surface area (Å²) in [5.41, 5.74) is 0.559. The van der Waals surface area contributed by atoms with E-state index in [0.717, 1.165) is 23.7 Å². The molecule has 0 radical (unpaired) electrons. The number of urea groups is 1. The lowest BCUT2D eigenvalue weighted by Gasteiger charge is -2.40. The molecule has 0 bridgehead atoms. The summed E-state index contributed by atoms with van der Waals surface area (Å²) in [6.45, 7) is 0. The first-order chi connectivity index (χ1) is 11.4. The van der Waals surface area contributed by atoms with Crippen LogP contribution in [-0.4, -0.2) is 15.6 Å². The van der Waals surface area contributed by atoms with Crippen molar-refractivity contribution in [2.75, 3.05) is 10.6 Å². The Kier molecular flexibility index (Phi) is 3.48. The van der Waals surface area contributed by atoms with Gasteiger partial charge in [0.1, 0.15) is 10.4 Å². The number of anilines is 2. The Morgan fingerprint density at radius 1 is 0.960 bits per heavy atom. The molecule has 5 nitrogen and oxygen atoms in total. The molecule has 0 aliphatic heterocycles. The predicted molar refractivity (Wildman–Crippen MR) is 87.9 cm³/mol. The highest BCUT2D eigenvalue weighted by molar-refractivity contribution is 8.45. The van der Waals surface area contributed by atoms with Crippen LogP contribution in [0.1, 0.15) is 0 Å². The number of fused-ring (bicyclic) bond motifs is 1. The molecule has 0 unspecified atom stereocenters. The Hall–Kier alpha value is -2.47. The van der Waals surface area contributed by atoms with E-state index < -0.39 is 26.8 Å². The van der Waals surface area contributed by atoms with Crippen LogP contribution in [-0.2, 0) is 0 Å². The van der Waals surface area contributed by atoms with Crippen LogP contribution in [0.3, 0.4) is 0 Å². The highest BCUT2D eigenvalue weighted by Gasteiger charge is 2.65. The van der Waals surface area contributed by atoms with Crippen LogP contribution >= 0.6 is 21.8 Å². The number of nitrogens with zero attached hydrogens (tertiary/aromatic N) is 2. The number of hydrogen-bond acceptors (Lipinski definition) is 4. The van der Waals surface area contributed by atoms with Gasteiger partial charge in [-0.1, -0.05) is 30.0 Å². The first kappa shape index (κ1) is 17.4. The summed E-state index contributed by atoms with van der Waals surface area (Å²) in [7, 11) is -9.81. The molecule has 0 spiro atoms. The minimum atomic E-state index is -9.81. The van der Waals surface area contributed by atoms with E-state index in [1.54, 1.807) is 12.1 Å². The van der Waals surface area contributed by atoms with Crippen LogP contribution in [0.4, 0.5) is 35.6 Å². The fourth-order valence-corrected chi connectivity index (χ4v) is 3.25. The lowest BCUT2D eigenvalue weighted by atomic mass is 10.3. The third-order valence-corrected chi connectivity index (χ3v) is 4.87. The molecule has 0 aliphatic rings. The molecule has 1 heterocycles. The van der Waals surface area contributed by atoms with Gasteiger partial charge in [0.2, 0.25) is 0 Å². The number of benzene rings is 2. The quantitative estimate of drug-likeness (QED) is 0.534. The lowest BCUT2D eigenvalue weighted by molar-refractivity contribution is 0.262. The number of nitrogens with one attached hydrogen (secondary N) is 2. The number of halogens is 5. The van der Waals surface area contributed by atoms with Gasteiger partial charge in [-0.25, -0.2) is 4.79 Å². The maximum atomic E-state index is 12.8. The van der Waals surface area contributed by atoms with Gasteiger partial charge in [-0.15, -0.1) is 5.10 Å². The van der Waals surface area contributed by atoms with Crippen molar-refractivity contribution in [3.63, 3.8) is 0 Å². The number of aromatic nitrogens is 2. The summed E-state index contributed by atoms with van der Waals surface area (Å²) in [6, 6.07) is 6.13. The van der Waals surface area contributed by atoms with Crippen LogP contribution < -0.4 is 10.6 Å². The van der Waals surface area contributed by atoms with Crippen molar-refractivity contribution < 1.29 is 24.2 Å². The highest BCUT2D eigenvalue weighted by atomic mass is 32.5. The molecule has 0 aliphatic carbocycles. The molecule has 0 saturated heterocycles. The SMILES string of the molecule is O=C(Nc1cccc(S(F)(F)(F)(F)F)c1)Nc1ccc2nnsc2c1. The van der Waals surface area contributed by atoms with Gasteiger partial charge in [0.05, 0.1) is 4.70 Å². The first-order valence-electron chi connectivity index (χ1n) is 6.55. The molecule has 12 heteroatoms. The summed E-state index contributed by atoms with van der Waals surface area (Å²) >= 11 is 1.10. The third-order valence-electron chi connectivity index (χ3n) is 3.04. The molecule has 3 aromatic rings. The fraction of sp³-hybridized carbons (Fsp3) is 0. The summed E-state index contributed by atoms with van der Waals surface area (Å²) in [5, 5.41) is 8.30. The van der Waals surface area contributed by atoms with E-state index >= 15 is 0 Å². The topological polar surface area (TPSA) is 66.9 Å². The molecule has 2 aromatic carbocycles. The number of rotatable bonds is 3. The van der Waals surface area contributed by atoms with E-state index in [1.165, 1.54) is 6.07 Å². The third kappa shape index (κ3) is 4.14. The van der Waals surface area contributed by atoms with Crippen molar-refractivity contribution in [3.8, 4) is 0 Å². The molecule has 25 heavy (non-hydrogen) atoms. The molecular formula is C13H9F5N4OS2. The molecule has 1 aromatic heterocycles.